The number of urea groups is 1. The quantitative estimate of drug-likeness (QED) is 0.876. The number of nitrogens with one attached hydrogen (secondary N) is 1. The zero-order chi connectivity index (χ0) is 18.7. The Morgan fingerprint density at radius 1 is 1.23 bits per heavy atom. The summed E-state index contributed by atoms with van der Waals surface area (Å²) >= 11 is 0. The maximum atomic E-state index is 12.3. The number of aliphatic carboxylic acids is 1. The number of ether oxygens (including phenoxy) is 1. The van der Waals surface area contributed by atoms with Gasteiger partial charge in [-0.2, -0.15) is 0 Å². The first-order valence-electron chi connectivity index (χ1n) is 8.36. The second-order valence-electron chi connectivity index (χ2n) is 6.77. The van der Waals surface area contributed by atoms with Crippen LogP contribution >= 0.6 is 0 Å². The lowest BCUT2D eigenvalue weighted by molar-refractivity contribution is -0.146. The van der Waals surface area contributed by atoms with Gasteiger partial charge in [0.1, 0.15) is 5.75 Å². The third-order valence-corrected chi connectivity index (χ3v) is 4.51. The van der Waals surface area contributed by atoms with Crippen molar-refractivity contribution in [3.8, 4) is 11.6 Å². The van der Waals surface area contributed by atoms with E-state index in [0.29, 0.717) is 30.3 Å². The number of carboxylic acids is 1. The molecule has 1 aromatic carbocycles. The normalized spacial score (nSPS) is 19.2. The van der Waals surface area contributed by atoms with Gasteiger partial charge in [0.25, 0.3) is 0 Å². The Balaban J connectivity index is 1.58. The van der Waals surface area contributed by atoms with Crippen molar-refractivity contribution in [3.05, 3.63) is 48.2 Å². The summed E-state index contributed by atoms with van der Waals surface area (Å²) in [5, 5.41) is 12.0. The third-order valence-electron chi connectivity index (χ3n) is 4.51. The largest absolute Gasteiger partial charge is 0.481 e. The van der Waals surface area contributed by atoms with Crippen LogP contribution in [0.2, 0.25) is 0 Å². The van der Waals surface area contributed by atoms with Crippen LogP contribution in [0.3, 0.4) is 0 Å². The minimum absolute atomic E-state index is 0.191. The first-order chi connectivity index (χ1) is 12.4. The van der Waals surface area contributed by atoms with Crippen molar-refractivity contribution < 1.29 is 19.4 Å². The van der Waals surface area contributed by atoms with Gasteiger partial charge in [0.2, 0.25) is 5.88 Å². The predicted molar refractivity (Wildman–Crippen MR) is 96.4 cm³/mol. The van der Waals surface area contributed by atoms with E-state index in [1.165, 1.54) is 11.1 Å². The van der Waals surface area contributed by atoms with E-state index in [4.69, 9.17) is 4.74 Å². The number of aromatic nitrogens is 1. The molecule has 26 heavy (non-hydrogen) atoms. The average molecular weight is 355 g/mol. The van der Waals surface area contributed by atoms with Crippen molar-refractivity contribution in [2.24, 2.45) is 5.41 Å². The highest BCUT2D eigenvalue weighted by molar-refractivity contribution is 5.90. The summed E-state index contributed by atoms with van der Waals surface area (Å²) in [6, 6.07) is 10.7. The van der Waals surface area contributed by atoms with Gasteiger partial charge in [-0.05, 0) is 38.5 Å². The molecule has 136 valence electrons. The van der Waals surface area contributed by atoms with Gasteiger partial charge in [-0.25, -0.2) is 9.78 Å². The lowest BCUT2D eigenvalue weighted by atomic mass is 9.90. The highest BCUT2D eigenvalue weighted by Gasteiger charge is 2.42. The summed E-state index contributed by atoms with van der Waals surface area (Å²) in [6.07, 6.45) is 1.95. The summed E-state index contributed by atoms with van der Waals surface area (Å²) in [6.45, 7) is 4.26. The summed E-state index contributed by atoms with van der Waals surface area (Å²) < 4.78 is 5.65. The highest BCUT2D eigenvalue weighted by Crippen LogP contribution is 2.30. The number of carbonyl (C=O) groups excluding carboxylic acids is 1. The number of carbonyl (C=O) groups is 2. The van der Waals surface area contributed by atoms with Crippen LogP contribution < -0.4 is 10.1 Å². The molecule has 7 nitrogen and oxygen atoms in total. The number of anilines is 1. The van der Waals surface area contributed by atoms with Gasteiger partial charge in [-0.1, -0.05) is 17.7 Å². The number of hydrogen-bond donors (Lipinski definition) is 2. The maximum Gasteiger partial charge on any atom is 0.321 e. The molecule has 0 bridgehead atoms. The van der Waals surface area contributed by atoms with Crippen LogP contribution in [0.15, 0.2) is 42.6 Å². The monoisotopic (exact) mass is 355 g/mol. The molecule has 2 heterocycles. The van der Waals surface area contributed by atoms with Gasteiger partial charge < -0.3 is 20.1 Å². The van der Waals surface area contributed by atoms with Crippen LogP contribution in [0, 0.1) is 12.3 Å². The Kier molecular flexibility index (Phi) is 4.79. The van der Waals surface area contributed by atoms with E-state index in [1.54, 1.807) is 19.1 Å². The minimum Gasteiger partial charge on any atom is -0.481 e. The topological polar surface area (TPSA) is 91.8 Å². The predicted octanol–water partition coefficient (Wildman–Crippen LogP) is 3.51. The number of amides is 2. The maximum absolute atomic E-state index is 12.3. The lowest BCUT2D eigenvalue weighted by Gasteiger charge is -2.20. The van der Waals surface area contributed by atoms with Crippen LogP contribution in [0.1, 0.15) is 18.9 Å². The number of benzene rings is 1. The van der Waals surface area contributed by atoms with Crippen molar-refractivity contribution in [1.29, 1.82) is 0 Å². The standard InChI is InChI=1S/C19H21N3O4/c1-13-3-6-15(7-4-13)26-16-8-5-14(11-20-16)21-18(25)22-10-9-19(2,12-22)17(23)24/h3-8,11H,9-10,12H2,1-2H3,(H,21,25)(H,23,24). The molecule has 1 aromatic heterocycles. The Labute approximate surface area is 151 Å². The van der Waals surface area contributed by atoms with Crippen LogP contribution in [0.5, 0.6) is 11.6 Å². The molecule has 1 aliphatic heterocycles. The number of likely N-dealkylation sites (tertiary alicyclic amines) is 1. The van der Waals surface area contributed by atoms with Crippen molar-refractivity contribution >= 4 is 17.7 Å². The Morgan fingerprint density at radius 2 is 1.96 bits per heavy atom. The molecule has 7 heteroatoms. The molecule has 0 aliphatic carbocycles. The van der Waals surface area contributed by atoms with Crippen molar-refractivity contribution in [1.82, 2.24) is 9.88 Å². The number of aryl methyl sites for hydroxylation is 1. The van der Waals surface area contributed by atoms with Gasteiger partial charge in [-0.3, -0.25) is 4.79 Å². The number of pyridine rings is 1. The molecule has 2 aromatic rings. The van der Waals surface area contributed by atoms with Crippen molar-refractivity contribution in [2.75, 3.05) is 18.4 Å². The Morgan fingerprint density at radius 3 is 2.54 bits per heavy atom. The lowest BCUT2D eigenvalue weighted by Crippen LogP contribution is -2.37. The van der Waals surface area contributed by atoms with Gasteiger partial charge in [0.15, 0.2) is 0 Å². The molecule has 1 saturated heterocycles. The molecule has 2 N–H and O–H groups in total. The van der Waals surface area contributed by atoms with E-state index in [9.17, 15) is 14.7 Å². The summed E-state index contributed by atoms with van der Waals surface area (Å²) in [5.74, 6) is 0.225. The van der Waals surface area contributed by atoms with E-state index >= 15 is 0 Å². The minimum atomic E-state index is -0.888. The van der Waals surface area contributed by atoms with Crippen molar-refractivity contribution in [3.63, 3.8) is 0 Å². The summed E-state index contributed by atoms with van der Waals surface area (Å²) in [4.78, 5) is 29.3. The zero-order valence-corrected chi connectivity index (χ0v) is 14.7. The molecule has 0 spiro atoms. The smallest absolute Gasteiger partial charge is 0.321 e. The van der Waals surface area contributed by atoms with E-state index in [0.717, 1.165) is 5.56 Å². The first-order valence-corrected chi connectivity index (χ1v) is 8.36. The zero-order valence-electron chi connectivity index (χ0n) is 14.7. The Hall–Kier alpha value is -3.09. The molecule has 0 saturated carbocycles. The highest BCUT2D eigenvalue weighted by atomic mass is 16.5. The van der Waals surface area contributed by atoms with Gasteiger partial charge in [-0.15, -0.1) is 0 Å². The van der Waals surface area contributed by atoms with E-state index < -0.39 is 11.4 Å². The molecule has 1 fully saturated rings. The third kappa shape index (κ3) is 3.93. The number of hydrogen-bond acceptors (Lipinski definition) is 4. The number of carboxylic acid groups (broad SMARTS) is 1. The fourth-order valence-corrected chi connectivity index (χ4v) is 2.75. The van der Waals surface area contributed by atoms with E-state index in [2.05, 4.69) is 10.3 Å². The first kappa shape index (κ1) is 17.7. The van der Waals surface area contributed by atoms with Crippen LogP contribution in [-0.2, 0) is 4.79 Å². The van der Waals surface area contributed by atoms with E-state index in [1.807, 2.05) is 31.2 Å². The molecule has 0 radical (unpaired) electrons. The molecule has 3 rings (SSSR count). The molecule has 1 aliphatic rings. The Bertz CT molecular complexity index is 805. The summed E-state index contributed by atoms with van der Waals surface area (Å²) in [5.41, 5.74) is 0.779. The van der Waals surface area contributed by atoms with E-state index in [-0.39, 0.29) is 12.6 Å². The average Bonchev–Trinajstić information content (AvgIpc) is 3.03. The van der Waals surface area contributed by atoms with Crippen LogP contribution in [0.4, 0.5) is 10.5 Å². The summed E-state index contributed by atoms with van der Waals surface area (Å²) in [7, 11) is 0. The molecular weight excluding hydrogens is 334 g/mol. The molecular formula is C19H21N3O4. The second-order valence-corrected chi connectivity index (χ2v) is 6.77. The van der Waals surface area contributed by atoms with Crippen molar-refractivity contribution in [2.45, 2.75) is 20.3 Å². The molecule has 1 unspecified atom stereocenters. The van der Waals surface area contributed by atoms with Gasteiger partial charge in [0, 0.05) is 19.2 Å². The molecule has 2 amide bonds. The SMILES string of the molecule is Cc1ccc(Oc2ccc(NC(=O)N3CCC(C)(C(=O)O)C3)cn2)cc1. The second kappa shape index (κ2) is 7.03. The van der Waals surface area contributed by atoms with Crippen LogP contribution in [0.25, 0.3) is 0 Å². The fraction of sp³-hybridized carbons (Fsp3) is 0.316. The van der Waals surface area contributed by atoms with Gasteiger partial charge in [0.05, 0.1) is 17.3 Å². The number of rotatable bonds is 4. The fourth-order valence-electron chi connectivity index (χ4n) is 2.75. The number of nitrogens with zero attached hydrogens (tertiary/aromatic N) is 2. The van der Waals surface area contributed by atoms with Crippen LogP contribution in [-0.4, -0.2) is 40.1 Å². The van der Waals surface area contributed by atoms with Gasteiger partial charge >= 0.3 is 12.0 Å². The molecule has 1 atom stereocenters.